The number of fused-ring (bicyclic) bond motifs is 2. The molecule has 2 atom stereocenters. The zero-order chi connectivity index (χ0) is 13.5. The van der Waals surface area contributed by atoms with E-state index in [1.54, 1.807) is 0 Å². The molecular weight excluding hydrogens is 278 g/mol. The molecule has 2 saturated heterocycles. The van der Waals surface area contributed by atoms with Gasteiger partial charge in [-0.1, -0.05) is 11.6 Å². The van der Waals surface area contributed by atoms with Crippen LogP contribution in [0.15, 0.2) is 0 Å². The highest BCUT2D eigenvalue weighted by Gasteiger charge is 2.34. The number of morpholine rings is 1. The van der Waals surface area contributed by atoms with Crippen molar-refractivity contribution in [3.63, 3.8) is 0 Å². The molecule has 6 heteroatoms. The minimum absolute atomic E-state index is 0.0463. The third kappa shape index (κ3) is 2.22. The van der Waals surface area contributed by atoms with E-state index < -0.39 is 0 Å². The molecule has 4 heterocycles. The fraction of sp³-hybridized carbons (Fsp3) is 0.714. The molecule has 20 heavy (non-hydrogen) atoms. The Labute approximate surface area is 123 Å². The number of rotatable bonds is 1. The molecule has 3 aliphatic rings. The highest BCUT2D eigenvalue weighted by molar-refractivity contribution is 6.30. The highest BCUT2D eigenvalue weighted by atomic mass is 35.5. The summed E-state index contributed by atoms with van der Waals surface area (Å²) >= 11 is 6.28. The molecule has 2 unspecified atom stereocenters. The van der Waals surface area contributed by atoms with Gasteiger partial charge in [0, 0.05) is 24.6 Å². The molecule has 0 bridgehead atoms. The van der Waals surface area contributed by atoms with Crippen LogP contribution >= 0.6 is 11.6 Å². The van der Waals surface area contributed by atoms with Crippen LogP contribution in [0.4, 0.5) is 0 Å². The van der Waals surface area contributed by atoms with Gasteiger partial charge < -0.3 is 9.47 Å². The lowest BCUT2D eigenvalue weighted by molar-refractivity contribution is -0.0543. The average Bonchev–Trinajstić information content (AvgIpc) is 2.94. The van der Waals surface area contributed by atoms with Crippen molar-refractivity contribution in [1.82, 2.24) is 14.9 Å². The number of halogens is 1. The number of aromatic nitrogens is 2. The molecule has 108 valence electrons. The second kappa shape index (κ2) is 5.22. The molecule has 2 fully saturated rings. The van der Waals surface area contributed by atoms with E-state index in [1.165, 1.54) is 12.8 Å². The molecule has 0 aliphatic carbocycles. The Kier molecular flexibility index (Phi) is 3.38. The Balaban J connectivity index is 1.60. The van der Waals surface area contributed by atoms with Gasteiger partial charge in [-0.25, -0.2) is 9.97 Å². The summed E-state index contributed by atoms with van der Waals surface area (Å²) in [6.45, 7) is 4.06. The monoisotopic (exact) mass is 295 g/mol. The molecule has 3 aliphatic heterocycles. The van der Waals surface area contributed by atoms with Gasteiger partial charge >= 0.3 is 0 Å². The lowest BCUT2D eigenvalue weighted by Gasteiger charge is -2.34. The SMILES string of the molecule is Clc1nc(C2CN3CCCC3CO2)nc2c1COCC2. The first-order valence-corrected chi connectivity index (χ1v) is 7.67. The van der Waals surface area contributed by atoms with Gasteiger partial charge in [-0.2, -0.15) is 0 Å². The van der Waals surface area contributed by atoms with Gasteiger partial charge in [0.05, 0.1) is 25.5 Å². The van der Waals surface area contributed by atoms with E-state index in [2.05, 4.69) is 14.9 Å². The Morgan fingerprint density at radius 1 is 1.30 bits per heavy atom. The topological polar surface area (TPSA) is 47.5 Å². The van der Waals surface area contributed by atoms with Crippen molar-refractivity contribution < 1.29 is 9.47 Å². The lowest BCUT2D eigenvalue weighted by atomic mass is 10.1. The fourth-order valence-corrected chi connectivity index (χ4v) is 3.58. The van der Waals surface area contributed by atoms with Crippen molar-refractivity contribution in [2.75, 3.05) is 26.3 Å². The van der Waals surface area contributed by atoms with Crippen molar-refractivity contribution in [3.8, 4) is 0 Å². The number of hydrogen-bond donors (Lipinski definition) is 0. The predicted octanol–water partition coefficient (Wildman–Crippen LogP) is 1.74. The van der Waals surface area contributed by atoms with Crippen molar-refractivity contribution in [1.29, 1.82) is 0 Å². The van der Waals surface area contributed by atoms with E-state index in [4.69, 9.17) is 21.1 Å². The molecule has 0 radical (unpaired) electrons. The second-order valence-corrected chi connectivity index (χ2v) is 6.07. The summed E-state index contributed by atoms with van der Waals surface area (Å²) in [6, 6.07) is 0.591. The van der Waals surface area contributed by atoms with Gasteiger partial charge in [-0.05, 0) is 19.4 Å². The molecule has 0 saturated carbocycles. The average molecular weight is 296 g/mol. The minimum atomic E-state index is -0.0463. The van der Waals surface area contributed by atoms with Crippen LogP contribution in [0.1, 0.15) is 36.0 Å². The smallest absolute Gasteiger partial charge is 0.160 e. The number of ether oxygens (including phenoxy) is 2. The first kappa shape index (κ1) is 13.0. The van der Waals surface area contributed by atoms with E-state index in [0.717, 1.165) is 43.2 Å². The zero-order valence-corrected chi connectivity index (χ0v) is 12.1. The number of nitrogens with zero attached hydrogens (tertiary/aromatic N) is 3. The lowest BCUT2D eigenvalue weighted by Crippen LogP contribution is -2.43. The van der Waals surface area contributed by atoms with Crippen molar-refractivity contribution in [2.24, 2.45) is 0 Å². The van der Waals surface area contributed by atoms with Gasteiger partial charge in [0.15, 0.2) is 5.82 Å². The maximum absolute atomic E-state index is 6.28. The van der Waals surface area contributed by atoms with Crippen molar-refractivity contribution in [3.05, 3.63) is 22.2 Å². The normalized spacial score (nSPS) is 30.1. The van der Waals surface area contributed by atoms with Crippen LogP contribution in [0.3, 0.4) is 0 Å². The third-order valence-corrected chi connectivity index (χ3v) is 4.78. The van der Waals surface area contributed by atoms with Crippen LogP contribution in [0.2, 0.25) is 5.15 Å². The van der Waals surface area contributed by atoms with Crippen LogP contribution in [-0.4, -0.2) is 47.2 Å². The summed E-state index contributed by atoms with van der Waals surface area (Å²) in [7, 11) is 0. The molecule has 5 nitrogen and oxygen atoms in total. The van der Waals surface area contributed by atoms with E-state index >= 15 is 0 Å². The van der Waals surface area contributed by atoms with Gasteiger partial charge in [0.25, 0.3) is 0 Å². The first-order chi connectivity index (χ1) is 9.81. The Morgan fingerprint density at radius 3 is 3.20 bits per heavy atom. The summed E-state index contributed by atoms with van der Waals surface area (Å²) < 4.78 is 11.4. The second-order valence-electron chi connectivity index (χ2n) is 5.71. The fourth-order valence-electron chi connectivity index (χ4n) is 3.33. The summed E-state index contributed by atoms with van der Waals surface area (Å²) in [5.41, 5.74) is 1.97. The van der Waals surface area contributed by atoms with Gasteiger partial charge in [-0.3, -0.25) is 4.90 Å². The molecule has 1 aromatic heterocycles. The quantitative estimate of drug-likeness (QED) is 0.739. The molecule has 1 aromatic rings. The van der Waals surface area contributed by atoms with Gasteiger partial charge in [0.2, 0.25) is 0 Å². The van der Waals surface area contributed by atoms with Crippen molar-refractivity contribution in [2.45, 2.75) is 38.0 Å². The largest absolute Gasteiger partial charge is 0.376 e. The van der Waals surface area contributed by atoms with Crippen LogP contribution in [0.25, 0.3) is 0 Å². The summed E-state index contributed by atoms with van der Waals surface area (Å²) in [4.78, 5) is 11.6. The molecular formula is C14H18ClN3O2. The zero-order valence-electron chi connectivity index (χ0n) is 11.3. The predicted molar refractivity (Wildman–Crippen MR) is 73.7 cm³/mol. The molecule has 0 N–H and O–H groups in total. The van der Waals surface area contributed by atoms with E-state index in [0.29, 0.717) is 24.4 Å². The maximum Gasteiger partial charge on any atom is 0.160 e. The highest BCUT2D eigenvalue weighted by Crippen LogP contribution is 2.30. The third-order valence-electron chi connectivity index (χ3n) is 4.47. The minimum Gasteiger partial charge on any atom is -0.376 e. The van der Waals surface area contributed by atoms with Crippen molar-refractivity contribution >= 4 is 11.6 Å². The Hall–Kier alpha value is -0.750. The van der Waals surface area contributed by atoms with Crippen LogP contribution in [0, 0.1) is 0 Å². The molecule has 0 spiro atoms. The molecule has 0 amide bonds. The summed E-state index contributed by atoms with van der Waals surface area (Å²) in [5.74, 6) is 0.737. The summed E-state index contributed by atoms with van der Waals surface area (Å²) in [5, 5.41) is 0.525. The molecule has 4 rings (SSSR count). The van der Waals surface area contributed by atoms with Gasteiger partial charge in [0.1, 0.15) is 11.3 Å². The standard InChI is InChI=1S/C14H18ClN3O2/c15-13-10-8-19-5-3-11(10)16-14(17-13)12-6-18-4-1-2-9(18)7-20-12/h9,12H,1-8H2. The Morgan fingerprint density at radius 2 is 2.25 bits per heavy atom. The van der Waals surface area contributed by atoms with E-state index in [1.807, 2.05) is 0 Å². The Bertz CT molecular complexity index is 525. The van der Waals surface area contributed by atoms with Crippen LogP contribution in [-0.2, 0) is 22.5 Å². The summed E-state index contributed by atoms with van der Waals surface area (Å²) in [6.07, 6.45) is 3.28. The van der Waals surface area contributed by atoms with E-state index in [9.17, 15) is 0 Å². The van der Waals surface area contributed by atoms with Crippen LogP contribution in [0.5, 0.6) is 0 Å². The van der Waals surface area contributed by atoms with Gasteiger partial charge in [-0.15, -0.1) is 0 Å². The first-order valence-electron chi connectivity index (χ1n) is 7.30. The molecule has 0 aromatic carbocycles. The maximum atomic E-state index is 6.28. The number of hydrogen-bond acceptors (Lipinski definition) is 5. The van der Waals surface area contributed by atoms with E-state index in [-0.39, 0.29) is 6.10 Å². The van der Waals surface area contributed by atoms with Crippen LogP contribution < -0.4 is 0 Å².